The lowest BCUT2D eigenvalue weighted by molar-refractivity contribution is 0.0952. The zero-order valence-corrected chi connectivity index (χ0v) is 13.4. The maximum atomic E-state index is 12.4. The van der Waals surface area contributed by atoms with Crippen LogP contribution in [-0.2, 0) is 0 Å². The van der Waals surface area contributed by atoms with Crippen molar-refractivity contribution in [2.75, 3.05) is 13.6 Å². The molecular weight excluding hydrogens is 270 g/mol. The van der Waals surface area contributed by atoms with E-state index in [4.69, 9.17) is 0 Å². The molecule has 2 aromatic rings. The lowest BCUT2D eigenvalue weighted by atomic mass is 9.94. The lowest BCUT2D eigenvalue weighted by Crippen LogP contribution is -2.34. The van der Waals surface area contributed by atoms with Gasteiger partial charge in [0.2, 0.25) is 0 Å². The summed E-state index contributed by atoms with van der Waals surface area (Å²) in [5, 5.41) is 2.34. The summed E-state index contributed by atoms with van der Waals surface area (Å²) in [5.74, 6) is 0.258. The van der Waals surface area contributed by atoms with Gasteiger partial charge in [-0.1, -0.05) is 55.7 Å². The molecule has 3 rings (SSSR count). The average molecular weight is 295 g/mol. The highest BCUT2D eigenvalue weighted by atomic mass is 16.1. The van der Waals surface area contributed by atoms with E-state index in [-0.39, 0.29) is 5.78 Å². The highest BCUT2D eigenvalue weighted by Gasteiger charge is 2.18. The standard InChI is InChI=1S/C20H25NO/c1-21(19-9-3-2-4-10-19)14-13-20(22)18-12-11-16-7-5-6-8-17(16)15-18/h5-8,11-12,15,19H,2-4,9-10,13-14H2,1H3. The normalized spacial score (nSPS) is 16.3. The summed E-state index contributed by atoms with van der Waals surface area (Å²) in [7, 11) is 2.17. The van der Waals surface area contributed by atoms with Crippen molar-refractivity contribution in [2.45, 2.75) is 44.6 Å². The molecule has 0 atom stereocenters. The third kappa shape index (κ3) is 3.56. The molecule has 1 fully saturated rings. The number of carbonyl (C=O) groups is 1. The first-order valence-corrected chi connectivity index (χ1v) is 8.46. The van der Waals surface area contributed by atoms with Gasteiger partial charge in [-0.2, -0.15) is 0 Å². The molecule has 1 aliphatic carbocycles. The Labute approximate surface area is 133 Å². The first-order chi connectivity index (χ1) is 10.7. The monoisotopic (exact) mass is 295 g/mol. The predicted octanol–water partition coefficient (Wildman–Crippen LogP) is 4.68. The minimum atomic E-state index is 0.258. The fourth-order valence-corrected chi connectivity index (χ4v) is 3.49. The molecule has 0 aromatic heterocycles. The van der Waals surface area contributed by atoms with Crippen LogP contribution in [0.4, 0.5) is 0 Å². The van der Waals surface area contributed by atoms with E-state index >= 15 is 0 Å². The van der Waals surface area contributed by atoms with Gasteiger partial charge in [-0.3, -0.25) is 4.79 Å². The van der Waals surface area contributed by atoms with E-state index in [2.05, 4.69) is 24.1 Å². The van der Waals surface area contributed by atoms with Gasteiger partial charge < -0.3 is 4.90 Å². The fourth-order valence-electron chi connectivity index (χ4n) is 3.49. The summed E-state index contributed by atoms with van der Waals surface area (Å²) >= 11 is 0. The Morgan fingerprint density at radius 1 is 1.05 bits per heavy atom. The van der Waals surface area contributed by atoms with E-state index in [0.29, 0.717) is 12.5 Å². The van der Waals surface area contributed by atoms with Crippen LogP contribution in [0.25, 0.3) is 10.8 Å². The quantitative estimate of drug-likeness (QED) is 0.747. The molecule has 2 aromatic carbocycles. The summed E-state index contributed by atoms with van der Waals surface area (Å²) < 4.78 is 0. The van der Waals surface area contributed by atoms with Gasteiger partial charge in [0, 0.05) is 24.6 Å². The van der Waals surface area contributed by atoms with Crippen LogP contribution in [0.5, 0.6) is 0 Å². The zero-order valence-electron chi connectivity index (χ0n) is 13.4. The van der Waals surface area contributed by atoms with Crippen molar-refractivity contribution in [1.29, 1.82) is 0 Å². The maximum Gasteiger partial charge on any atom is 0.164 e. The molecular formula is C20H25NO. The number of rotatable bonds is 5. The number of ketones is 1. The Morgan fingerprint density at radius 2 is 1.77 bits per heavy atom. The van der Waals surface area contributed by atoms with Gasteiger partial charge in [0.1, 0.15) is 0 Å². The van der Waals surface area contributed by atoms with Crippen LogP contribution in [0.1, 0.15) is 48.9 Å². The van der Waals surface area contributed by atoms with Crippen LogP contribution in [0, 0.1) is 0 Å². The van der Waals surface area contributed by atoms with Gasteiger partial charge in [0.15, 0.2) is 5.78 Å². The number of benzene rings is 2. The van der Waals surface area contributed by atoms with Crippen LogP contribution in [-0.4, -0.2) is 30.3 Å². The van der Waals surface area contributed by atoms with Crippen LogP contribution >= 0.6 is 0 Å². The Kier molecular flexibility index (Phi) is 4.89. The number of Topliss-reactive ketones (excluding diaryl/α,β-unsaturated/α-hetero) is 1. The number of fused-ring (bicyclic) bond motifs is 1. The average Bonchev–Trinajstić information content (AvgIpc) is 2.59. The second-order valence-corrected chi connectivity index (χ2v) is 6.51. The topological polar surface area (TPSA) is 20.3 Å². The van der Waals surface area contributed by atoms with Crippen molar-refractivity contribution in [2.24, 2.45) is 0 Å². The molecule has 0 amide bonds. The van der Waals surface area contributed by atoms with E-state index < -0.39 is 0 Å². The molecule has 0 heterocycles. The molecule has 0 saturated heterocycles. The minimum absolute atomic E-state index is 0.258. The summed E-state index contributed by atoms with van der Waals surface area (Å²) in [5.41, 5.74) is 0.843. The number of hydrogen-bond donors (Lipinski definition) is 0. The molecule has 1 aliphatic rings. The van der Waals surface area contributed by atoms with Crippen molar-refractivity contribution >= 4 is 16.6 Å². The van der Waals surface area contributed by atoms with Gasteiger partial charge in [-0.05, 0) is 36.7 Å². The molecule has 0 unspecified atom stereocenters. The highest BCUT2D eigenvalue weighted by Crippen LogP contribution is 2.22. The van der Waals surface area contributed by atoms with E-state index in [9.17, 15) is 4.79 Å². The molecule has 0 spiro atoms. The van der Waals surface area contributed by atoms with Crippen LogP contribution < -0.4 is 0 Å². The first kappa shape index (κ1) is 15.2. The molecule has 0 aliphatic heterocycles. The van der Waals surface area contributed by atoms with Crippen molar-refractivity contribution in [3.05, 3.63) is 48.0 Å². The van der Waals surface area contributed by atoms with Crippen LogP contribution in [0.15, 0.2) is 42.5 Å². The molecule has 0 N–H and O–H groups in total. The van der Waals surface area contributed by atoms with Crippen molar-refractivity contribution < 1.29 is 4.79 Å². The molecule has 116 valence electrons. The maximum absolute atomic E-state index is 12.4. The molecule has 2 nitrogen and oxygen atoms in total. The van der Waals surface area contributed by atoms with Gasteiger partial charge in [0.25, 0.3) is 0 Å². The SMILES string of the molecule is CN(CCC(=O)c1ccc2ccccc2c1)C1CCCCC1. The number of hydrogen-bond acceptors (Lipinski definition) is 2. The largest absolute Gasteiger partial charge is 0.303 e. The summed E-state index contributed by atoms with van der Waals surface area (Å²) in [6, 6.07) is 14.9. The Balaban J connectivity index is 1.60. The fraction of sp³-hybridized carbons (Fsp3) is 0.450. The van der Waals surface area contributed by atoms with Gasteiger partial charge in [0.05, 0.1) is 0 Å². The van der Waals surface area contributed by atoms with Crippen molar-refractivity contribution in [1.82, 2.24) is 4.90 Å². The van der Waals surface area contributed by atoms with E-state index in [1.54, 1.807) is 0 Å². The van der Waals surface area contributed by atoms with E-state index in [1.807, 2.05) is 30.3 Å². The molecule has 22 heavy (non-hydrogen) atoms. The van der Waals surface area contributed by atoms with Gasteiger partial charge in [-0.15, -0.1) is 0 Å². The molecule has 0 bridgehead atoms. The second kappa shape index (κ2) is 7.06. The minimum Gasteiger partial charge on any atom is -0.303 e. The molecule has 2 heteroatoms. The summed E-state index contributed by atoms with van der Waals surface area (Å²) in [6.07, 6.45) is 7.26. The van der Waals surface area contributed by atoms with Gasteiger partial charge in [-0.25, -0.2) is 0 Å². The summed E-state index contributed by atoms with van der Waals surface area (Å²) in [4.78, 5) is 14.8. The van der Waals surface area contributed by atoms with Crippen molar-refractivity contribution in [3.8, 4) is 0 Å². The van der Waals surface area contributed by atoms with Crippen LogP contribution in [0.3, 0.4) is 0 Å². The second-order valence-electron chi connectivity index (χ2n) is 6.51. The lowest BCUT2D eigenvalue weighted by Gasteiger charge is -2.30. The predicted molar refractivity (Wildman–Crippen MR) is 92.4 cm³/mol. The highest BCUT2D eigenvalue weighted by molar-refractivity contribution is 6.00. The number of carbonyl (C=O) groups excluding carboxylic acids is 1. The van der Waals surface area contributed by atoms with E-state index in [0.717, 1.165) is 17.5 Å². The molecule has 1 saturated carbocycles. The number of nitrogens with zero attached hydrogens (tertiary/aromatic N) is 1. The molecule has 0 radical (unpaired) electrons. The third-order valence-electron chi connectivity index (χ3n) is 4.96. The van der Waals surface area contributed by atoms with Crippen LogP contribution in [0.2, 0.25) is 0 Å². The Hall–Kier alpha value is -1.67. The van der Waals surface area contributed by atoms with E-state index in [1.165, 1.54) is 37.5 Å². The van der Waals surface area contributed by atoms with Gasteiger partial charge >= 0.3 is 0 Å². The zero-order chi connectivity index (χ0) is 15.4. The smallest absolute Gasteiger partial charge is 0.164 e. The Morgan fingerprint density at radius 3 is 2.55 bits per heavy atom. The summed E-state index contributed by atoms with van der Waals surface area (Å²) in [6.45, 7) is 0.871. The third-order valence-corrected chi connectivity index (χ3v) is 4.96. The first-order valence-electron chi connectivity index (χ1n) is 8.46. The van der Waals surface area contributed by atoms with Crippen molar-refractivity contribution in [3.63, 3.8) is 0 Å². The Bertz CT molecular complexity index is 643.